The van der Waals surface area contributed by atoms with Crippen molar-refractivity contribution in [3.63, 3.8) is 0 Å². The average Bonchev–Trinajstić information content (AvgIpc) is 3.01. The maximum absolute atomic E-state index is 13.2. The van der Waals surface area contributed by atoms with Crippen molar-refractivity contribution < 1.29 is 29.6 Å². The number of carbonyl (C=O) groups is 1. The fourth-order valence-electron chi connectivity index (χ4n) is 7.57. The molecular weight excluding hydrogens is 336 g/mol. The largest absolute Gasteiger partial charge is 0.461 e. The van der Waals surface area contributed by atoms with E-state index in [9.17, 15) is 20.1 Å². The van der Waals surface area contributed by atoms with E-state index in [1.807, 2.05) is 0 Å². The fraction of sp³-hybridized carbons (Fsp3) is 0.850. The molecule has 0 aromatic carbocycles. The van der Waals surface area contributed by atoms with Crippen molar-refractivity contribution in [3.8, 4) is 0 Å². The smallest absolute Gasteiger partial charge is 0.315 e. The van der Waals surface area contributed by atoms with Crippen molar-refractivity contribution in [2.75, 3.05) is 6.61 Å². The van der Waals surface area contributed by atoms with Crippen LogP contribution in [0, 0.1) is 34.0 Å². The minimum atomic E-state index is -1.17. The molecule has 6 nitrogen and oxygen atoms in total. The highest BCUT2D eigenvalue weighted by molar-refractivity contribution is 5.82. The number of hydrogen-bond donors (Lipinski definition) is 3. The third-order valence-corrected chi connectivity index (χ3v) is 8.48. The van der Waals surface area contributed by atoms with Crippen LogP contribution in [0.4, 0.5) is 0 Å². The highest BCUT2D eigenvalue weighted by Crippen LogP contribution is 2.71. The van der Waals surface area contributed by atoms with Gasteiger partial charge in [-0.25, -0.2) is 0 Å². The third kappa shape index (κ3) is 1.66. The van der Waals surface area contributed by atoms with Crippen LogP contribution in [0.15, 0.2) is 12.2 Å². The van der Waals surface area contributed by atoms with Crippen molar-refractivity contribution in [3.05, 3.63) is 12.2 Å². The molecule has 0 radical (unpaired) electrons. The highest BCUT2D eigenvalue weighted by Gasteiger charge is 2.78. The van der Waals surface area contributed by atoms with E-state index in [-0.39, 0.29) is 23.9 Å². The van der Waals surface area contributed by atoms with Gasteiger partial charge < -0.3 is 24.8 Å². The van der Waals surface area contributed by atoms with E-state index >= 15 is 0 Å². The van der Waals surface area contributed by atoms with Gasteiger partial charge in [0.15, 0.2) is 6.29 Å². The van der Waals surface area contributed by atoms with Gasteiger partial charge >= 0.3 is 5.97 Å². The van der Waals surface area contributed by atoms with Gasteiger partial charge in [0.25, 0.3) is 0 Å². The lowest BCUT2D eigenvalue weighted by atomic mass is 9.43. The first-order valence-corrected chi connectivity index (χ1v) is 9.72. The van der Waals surface area contributed by atoms with Gasteiger partial charge in [-0.2, -0.15) is 0 Å². The number of esters is 1. The Morgan fingerprint density at radius 3 is 2.65 bits per heavy atom. The summed E-state index contributed by atoms with van der Waals surface area (Å²) in [5.41, 5.74) is -1.43. The molecule has 2 saturated heterocycles. The summed E-state index contributed by atoms with van der Waals surface area (Å²) in [6.45, 7) is 8.48. The molecule has 2 bridgehead atoms. The zero-order chi connectivity index (χ0) is 18.6. The van der Waals surface area contributed by atoms with Gasteiger partial charge in [-0.05, 0) is 42.6 Å². The van der Waals surface area contributed by atoms with Crippen molar-refractivity contribution in [1.82, 2.24) is 0 Å². The SMILES string of the molecule is C=C1[C@H]2C[C@H](O)[C@@H]3C(C2)(C(=O)O[C@H]2CCC(C)(C)[C@H]4[C@H](O)OC[C@@]243)[C@@H]1O. The molecule has 0 aromatic heterocycles. The lowest BCUT2D eigenvalue weighted by Crippen LogP contribution is -2.71. The van der Waals surface area contributed by atoms with Gasteiger partial charge in [0.1, 0.15) is 11.5 Å². The van der Waals surface area contributed by atoms with E-state index in [1.54, 1.807) is 0 Å². The molecule has 0 amide bonds. The minimum absolute atomic E-state index is 0.0703. The summed E-state index contributed by atoms with van der Waals surface area (Å²) in [6.07, 6.45) is -0.652. The lowest BCUT2D eigenvalue weighted by Gasteiger charge is -2.63. The summed E-state index contributed by atoms with van der Waals surface area (Å²) >= 11 is 0. The summed E-state index contributed by atoms with van der Waals surface area (Å²) in [4.78, 5) is 13.2. The molecule has 144 valence electrons. The minimum Gasteiger partial charge on any atom is -0.461 e. The van der Waals surface area contributed by atoms with Gasteiger partial charge in [-0.1, -0.05) is 20.4 Å². The lowest BCUT2D eigenvalue weighted by molar-refractivity contribution is -0.264. The second kappa shape index (κ2) is 4.90. The predicted molar refractivity (Wildman–Crippen MR) is 90.6 cm³/mol. The molecule has 26 heavy (non-hydrogen) atoms. The van der Waals surface area contributed by atoms with Crippen LogP contribution in [0.25, 0.3) is 0 Å². The maximum Gasteiger partial charge on any atom is 0.315 e. The number of ether oxygens (including phenoxy) is 2. The van der Waals surface area contributed by atoms with Crippen LogP contribution in [0.3, 0.4) is 0 Å². The Labute approximate surface area is 153 Å². The molecule has 5 aliphatic rings. The number of aliphatic hydroxyl groups is 3. The van der Waals surface area contributed by atoms with Crippen LogP contribution in [-0.4, -0.2) is 52.5 Å². The summed E-state index contributed by atoms with van der Waals surface area (Å²) < 4.78 is 11.7. The summed E-state index contributed by atoms with van der Waals surface area (Å²) in [7, 11) is 0. The molecule has 6 heteroatoms. The van der Waals surface area contributed by atoms with Crippen LogP contribution in [0.1, 0.15) is 39.5 Å². The Bertz CT molecular complexity index is 688. The molecule has 0 aromatic rings. The molecule has 1 unspecified atom stereocenters. The molecule has 3 aliphatic carbocycles. The topological polar surface area (TPSA) is 96.2 Å². The Morgan fingerprint density at radius 1 is 1.19 bits per heavy atom. The van der Waals surface area contributed by atoms with Crippen LogP contribution < -0.4 is 0 Å². The number of aliphatic hydroxyl groups excluding tert-OH is 3. The maximum atomic E-state index is 13.2. The van der Waals surface area contributed by atoms with Crippen LogP contribution in [0.2, 0.25) is 0 Å². The van der Waals surface area contributed by atoms with Gasteiger partial charge in [0, 0.05) is 17.3 Å². The van der Waals surface area contributed by atoms with Crippen LogP contribution in [0.5, 0.6) is 0 Å². The molecule has 2 aliphatic heterocycles. The number of rotatable bonds is 0. The summed E-state index contributed by atoms with van der Waals surface area (Å²) in [6, 6.07) is 0. The van der Waals surface area contributed by atoms with E-state index in [1.165, 1.54) is 0 Å². The normalized spacial score (nSPS) is 57.2. The van der Waals surface area contributed by atoms with Crippen molar-refractivity contribution in [2.24, 2.45) is 34.0 Å². The molecule has 9 atom stereocenters. The van der Waals surface area contributed by atoms with E-state index in [0.717, 1.165) is 6.42 Å². The van der Waals surface area contributed by atoms with E-state index in [0.29, 0.717) is 24.8 Å². The average molecular weight is 364 g/mol. The van der Waals surface area contributed by atoms with Crippen molar-refractivity contribution >= 4 is 5.97 Å². The number of fused-ring (bicyclic) bond motifs is 1. The van der Waals surface area contributed by atoms with Gasteiger partial charge in [-0.15, -0.1) is 0 Å². The number of hydrogen-bond acceptors (Lipinski definition) is 6. The van der Waals surface area contributed by atoms with E-state index in [4.69, 9.17) is 9.47 Å². The summed E-state index contributed by atoms with van der Waals surface area (Å²) in [5, 5.41) is 32.9. The summed E-state index contributed by atoms with van der Waals surface area (Å²) in [5.74, 6) is -1.23. The molecule has 3 N–H and O–H groups in total. The van der Waals surface area contributed by atoms with E-state index in [2.05, 4.69) is 20.4 Å². The van der Waals surface area contributed by atoms with Gasteiger partial charge in [-0.3, -0.25) is 4.79 Å². The van der Waals surface area contributed by atoms with Crippen molar-refractivity contribution in [2.45, 2.75) is 64.1 Å². The molecule has 2 spiro atoms. The fourth-order valence-corrected chi connectivity index (χ4v) is 7.57. The van der Waals surface area contributed by atoms with Gasteiger partial charge in [0.2, 0.25) is 0 Å². The second-order valence-electron chi connectivity index (χ2n) is 9.91. The molecule has 3 saturated carbocycles. The Hall–Kier alpha value is -0.950. The molecule has 5 fully saturated rings. The van der Waals surface area contributed by atoms with Crippen LogP contribution >= 0.6 is 0 Å². The Kier molecular flexibility index (Phi) is 3.24. The number of carbonyl (C=O) groups excluding carboxylic acids is 1. The van der Waals surface area contributed by atoms with Crippen LogP contribution in [-0.2, 0) is 14.3 Å². The Morgan fingerprint density at radius 2 is 1.92 bits per heavy atom. The zero-order valence-electron chi connectivity index (χ0n) is 15.4. The first-order valence-electron chi connectivity index (χ1n) is 9.72. The standard InChI is InChI=1S/C20H28O6/c1-9-10-6-11(21)13-19(7-10,15(9)22)17(24)26-12-4-5-18(2,3)14-16(23)25-8-20(12,13)14/h10-16,21-23H,1,4-8H2,2-3H3/t10-,11-,12-,13+,14+,15+,16+,19?,20-/m0/s1. The quantitative estimate of drug-likeness (QED) is 0.438. The molecular formula is C20H28O6. The third-order valence-electron chi connectivity index (χ3n) is 8.48. The zero-order valence-corrected chi connectivity index (χ0v) is 15.4. The Balaban J connectivity index is 1.73. The van der Waals surface area contributed by atoms with Crippen molar-refractivity contribution in [1.29, 1.82) is 0 Å². The highest BCUT2D eigenvalue weighted by atomic mass is 16.6. The first kappa shape index (κ1) is 17.2. The van der Waals surface area contributed by atoms with Gasteiger partial charge in [0.05, 0.1) is 18.8 Å². The second-order valence-corrected chi connectivity index (χ2v) is 9.91. The molecule has 2 heterocycles. The monoisotopic (exact) mass is 364 g/mol. The molecule has 5 rings (SSSR count). The van der Waals surface area contributed by atoms with E-state index < -0.39 is 47.3 Å². The predicted octanol–water partition coefficient (Wildman–Crippen LogP) is 0.987. The first-order chi connectivity index (χ1) is 12.2.